The molecule has 0 bridgehead atoms. The average molecular weight is 479 g/mol. The van der Waals surface area contributed by atoms with E-state index in [1.165, 1.54) is 18.2 Å². The molecule has 0 aliphatic heterocycles. The van der Waals surface area contributed by atoms with Crippen LogP contribution in [0.4, 0.5) is 22.0 Å². The first-order valence-corrected chi connectivity index (χ1v) is 11.4. The van der Waals surface area contributed by atoms with E-state index in [2.05, 4.69) is 0 Å². The average Bonchev–Trinajstić information content (AvgIpc) is 2.82. The van der Waals surface area contributed by atoms with Gasteiger partial charge in [-0.3, -0.25) is 0 Å². The van der Waals surface area contributed by atoms with Crippen LogP contribution in [0.15, 0.2) is 54.6 Å². The van der Waals surface area contributed by atoms with Gasteiger partial charge in [0.05, 0.1) is 0 Å². The summed E-state index contributed by atoms with van der Waals surface area (Å²) in [6.45, 7) is 1.83. The Bertz CT molecular complexity index is 1410. The minimum absolute atomic E-state index is 0.0412. The second-order valence-corrected chi connectivity index (χ2v) is 8.53. The maximum absolute atomic E-state index is 15.1. The van der Waals surface area contributed by atoms with E-state index in [0.29, 0.717) is 40.3 Å². The van der Waals surface area contributed by atoms with Crippen LogP contribution in [0.5, 0.6) is 0 Å². The molecule has 6 heteroatoms. The summed E-state index contributed by atoms with van der Waals surface area (Å²) in [5.41, 5.74) is 1.57. The van der Waals surface area contributed by atoms with E-state index in [1.807, 2.05) is 6.92 Å². The molecule has 0 aliphatic rings. The number of fused-ring (bicyclic) bond motifs is 1. The summed E-state index contributed by atoms with van der Waals surface area (Å²) in [7, 11) is 0. The third-order valence-electron chi connectivity index (χ3n) is 6.27. The Balaban J connectivity index is 1.50. The van der Waals surface area contributed by atoms with Crippen molar-refractivity contribution in [3.63, 3.8) is 0 Å². The fourth-order valence-electron chi connectivity index (χ4n) is 4.26. The van der Waals surface area contributed by atoms with E-state index in [0.717, 1.165) is 17.7 Å². The molecule has 0 atom stereocenters. The molecule has 0 N–H and O–H groups in total. The summed E-state index contributed by atoms with van der Waals surface area (Å²) < 4.78 is 71.4. The van der Waals surface area contributed by atoms with E-state index in [1.54, 1.807) is 30.3 Å². The van der Waals surface area contributed by atoms with E-state index in [9.17, 15) is 17.6 Å². The van der Waals surface area contributed by atoms with E-state index in [-0.39, 0.29) is 24.8 Å². The molecule has 0 aromatic heterocycles. The third-order valence-corrected chi connectivity index (χ3v) is 6.27. The van der Waals surface area contributed by atoms with Crippen LogP contribution in [0.1, 0.15) is 40.3 Å². The predicted molar refractivity (Wildman–Crippen MR) is 126 cm³/mol. The van der Waals surface area contributed by atoms with E-state index < -0.39 is 34.6 Å². The zero-order valence-electron chi connectivity index (χ0n) is 19.1. The van der Waals surface area contributed by atoms with Gasteiger partial charge in [-0.1, -0.05) is 37.3 Å². The first-order valence-electron chi connectivity index (χ1n) is 11.4. The Morgan fingerprint density at radius 3 is 1.91 bits per heavy atom. The van der Waals surface area contributed by atoms with Crippen LogP contribution in [0, 0.1) is 40.4 Å². The number of nitriles is 1. The summed E-state index contributed by atoms with van der Waals surface area (Å²) in [5, 5.41) is 9.83. The lowest BCUT2D eigenvalue weighted by molar-refractivity contribution is 0.551. The molecular formula is C29H22F5N. The van der Waals surface area contributed by atoms with Crippen molar-refractivity contribution in [2.75, 3.05) is 0 Å². The fraction of sp³-hybridized carbons (Fsp3) is 0.207. The maximum atomic E-state index is 15.1. The van der Waals surface area contributed by atoms with Gasteiger partial charge in [-0.2, -0.15) is 5.26 Å². The number of halogens is 5. The van der Waals surface area contributed by atoms with Crippen LogP contribution in [0.3, 0.4) is 0 Å². The van der Waals surface area contributed by atoms with Gasteiger partial charge in [-0.05, 0) is 84.0 Å². The number of benzene rings is 4. The molecular weight excluding hydrogens is 457 g/mol. The Kier molecular flexibility index (Phi) is 7.16. The number of aryl methyl sites for hydroxylation is 4. The Hall–Kier alpha value is -3.72. The molecule has 0 spiro atoms. The first kappa shape index (κ1) is 24.4. The highest BCUT2D eigenvalue weighted by atomic mass is 19.1. The molecule has 4 aromatic carbocycles. The van der Waals surface area contributed by atoms with Crippen molar-refractivity contribution in [1.29, 1.82) is 5.26 Å². The highest BCUT2D eigenvalue weighted by Gasteiger charge is 2.14. The highest BCUT2D eigenvalue weighted by Crippen LogP contribution is 2.26. The van der Waals surface area contributed by atoms with Crippen molar-refractivity contribution >= 4 is 10.8 Å². The smallest absolute Gasteiger partial charge is 0.144 e. The fourth-order valence-corrected chi connectivity index (χ4v) is 4.26. The molecule has 0 amide bonds. The van der Waals surface area contributed by atoms with Gasteiger partial charge in [0.15, 0.2) is 0 Å². The van der Waals surface area contributed by atoms with Crippen molar-refractivity contribution in [3.8, 4) is 6.07 Å². The standard InChI is InChI=1S/C29H22F5N/c1-2-17-12-25(30)23(26(31)13-17)10-5-18-4-9-22-21(11-18)8-7-20(29(22)34)6-3-19-14-27(32)24(16-35)28(33)15-19/h4,7-9,11-15H,2-3,5-6,10H2,1H3. The second-order valence-electron chi connectivity index (χ2n) is 8.53. The van der Waals surface area contributed by atoms with Gasteiger partial charge in [0.1, 0.15) is 40.7 Å². The second kappa shape index (κ2) is 10.3. The van der Waals surface area contributed by atoms with Gasteiger partial charge < -0.3 is 0 Å². The summed E-state index contributed by atoms with van der Waals surface area (Å²) in [6, 6.07) is 14.9. The van der Waals surface area contributed by atoms with Crippen LogP contribution in [-0.2, 0) is 32.1 Å². The van der Waals surface area contributed by atoms with Gasteiger partial charge in [0.2, 0.25) is 0 Å². The van der Waals surface area contributed by atoms with E-state index >= 15 is 4.39 Å². The summed E-state index contributed by atoms with van der Waals surface area (Å²) >= 11 is 0. The largest absolute Gasteiger partial charge is 0.207 e. The number of rotatable bonds is 7. The lowest BCUT2D eigenvalue weighted by Gasteiger charge is -2.10. The zero-order chi connectivity index (χ0) is 25.1. The third kappa shape index (κ3) is 5.19. The van der Waals surface area contributed by atoms with Crippen LogP contribution < -0.4 is 0 Å². The van der Waals surface area contributed by atoms with Gasteiger partial charge in [0, 0.05) is 10.9 Å². The highest BCUT2D eigenvalue weighted by molar-refractivity contribution is 5.84. The van der Waals surface area contributed by atoms with E-state index in [4.69, 9.17) is 5.26 Å². The van der Waals surface area contributed by atoms with Crippen molar-refractivity contribution in [1.82, 2.24) is 0 Å². The molecule has 0 unspecified atom stereocenters. The lowest BCUT2D eigenvalue weighted by atomic mass is 9.96. The topological polar surface area (TPSA) is 23.8 Å². The number of nitrogens with zero attached hydrogens (tertiary/aromatic N) is 1. The first-order chi connectivity index (χ1) is 16.8. The van der Waals surface area contributed by atoms with Crippen molar-refractivity contribution in [3.05, 3.63) is 117 Å². The predicted octanol–water partition coefficient (Wildman–Crippen LogP) is 7.54. The van der Waals surface area contributed by atoms with Crippen molar-refractivity contribution in [2.45, 2.75) is 39.0 Å². The molecule has 178 valence electrons. The minimum atomic E-state index is -0.935. The lowest BCUT2D eigenvalue weighted by Crippen LogP contribution is -2.01. The van der Waals surface area contributed by atoms with Crippen LogP contribution in [0.2, 0.25) is 0 Å². The molecule has 0 fully saturated rings. The van der Waals surface area contributed by atoms with Gasteiger partial charge in [0.25, 0.3) is 0 Å². The Morgan fingerprint density at radius 2 is 1.29 bits per heavy atom. The Labute approximate surface area is 200 Å². The molecule has 1 nitrogen and oxygen atoms in total. The van der Waals surface area contributed by atoms with Crippen LogP contribution in [-0.4, -0.2) is 0 Å². The maximum Gasteiger partial charge on any atom is 0.144 e. The minimum Gasteiger partial charge on any atom is -0.207 e. The molecule has 4 aromatic rings. The van der Waals surface area contributed by atoms with Crippen molar-refractivity contribution in [2.24, 2.45) is 0 Å². The molecule has 0 radical (unpaired) electrons. The molecule has 0 saturated carbocycles. The van der Waals surface area contributed by atoms with Crippen LogP contribution in [0.25, 0.3) is 10.8 Å². The van der Waals surface area contributed by atoms with Crippen molar-refractivity contribution < 1.29 is 22.0 Å². The Morgan fingerprint density at radius 1 is 0.657 bits per heavy atom. The van der Waals surface area contributed by atoms with Crippen LogP contribution >= 0.6 is 0 Å². The summed E-state index contributed by atoms with van der Waals surface area (Å²) in [4.78, 5) is 0. The summed E-state index contributed by atoms with van der Waals surface area (Å²) in [5.74, 6) is -3.40. The quantitative estimate of drug-likeness (QED) is 0.251. The van der Waals surface area contributed by atoms with Gasteiger partial charge >= 0.3 is 0 Å². The zero-order valence-corrected chi connectivity index (χ0v) is 19.1. The molecule has 35 heavy (non-hydrogen) atoms. The summed E-state index contributed by atoms with van der Waals surface area (Å²) in [6.07, 6.45) is 1.56. The normalized spacial score (nSPS) is 11.1. The number of hydrogen-bond acceptors (Lipinski definition) is 1. The molecule has 0 saturated heterocycles. The molecule has 4 rings (SSSR count). The van der Waals surface area contributed by atoms with Gasteiger partial charge in [-0.15, -0.1) is 0 Å². The molecule has 0 heterocycles. The number of hydrogen-bond donors (Lipinski definition) is 0. The molecule has 0 aliphatic carbocycles. The van der Waals surface area contributed by atoms with Gasteiger partial charge in [-0.25, -0.2) is 22.0 Å². The SMILES string of the molecule is CCc1cc(F)c(CCc2ccc3c(F)c(CCc4cc(F)c(C#N)c(F)c4)ccc3c2)c(F)c1. The monoisotopic (exact) mass is 479 g/mol.